The number of hydrogen-bond donors (Lipinski definition) is 0. The largest absolute Gasteiger partial charge is 0.494 e. The van der Waals surface area contributed by atoms with E-state index in [1.165, 1.54) is 70.6 Å². The Morgan fingerprint density at radius 2 is 1.15 bits per heavy atom. The lowest BCUT2D eigenvalue weighted by atomic mass is 9.68. The van der Waals surface area contributed by atoms with Gasteiger partial charge in [-0.25, -0.2) is 13.2 Å². The van der Waals surface area contributed by atoms with E-state index >= 15 is 8.78 Å². The van der Waals surface area contributed by atoms with E-state index in [0.29, 0.717) is 16.7 Å². The second-order valence-corrected chi connectivity index (χ2v) is 12.2. The molecule has 41 heavy (non-hydrogen) atoms. The minimum absolute atomic E-state index is 0.0514. The summed E-state index contributed by atoms with van der Waals surface area (Å²) in [5.41, 5.74) is 1.65. The lowest BCUT2D eigenvalue weighted by molar-refractivity contribution is 0.155. The van der Waals surface area contributed by atoms with Gasteiger partial charge >= 0.3 is 0 Å². The molecule has 2 fully saturated rings. The first-order valence-electron chi connectivity index (χ1n) is 15.5. The molecular formula is C36H42F4O. The van der Waals surface area contributed by atoms with E-state index in [-0.39, 0.29) is 22.8 Å². The Balaban J connectivity index is 1.21. The average Bonchev–Trinajstić information content (AvgIpc) is 3.01. The Bertz CT molecular complexity index is 1300. The SMILES string of the molecule is CCCCCC1CCC(C2CCC(c3ccc(-c4ccc(-c5ccc(OC)c(F)c5F)cc4)c(F)c3F)CC2)CC1. The van der Waals surface area contributed by atoms with Gasteiger partial charge in [-0.3, -0.25) is 0 Å². The van der Waals surface area contributed by atoms with Gasteiger partial charge in [0, 0.05) is 11.1 Å². The fourth-order valence-electron chi connectivity index (χ4n) is 7.38. The smallest absolute Gasteiger partial charge is 0.201 e. The summed E-state index contributed by atoms with van der Waals surface area (Å²) in [6.07, 6.45) is 14.8. The molecule has 0 spiro atoms. The highest BCUT2D eigenvalue weighted by Gasteiger charge is 2.32. The van der Waals surface area contributed by atoms with Crippen molar-refractivity contribution in [2.45, 2.75) is 89.9 Å². The maximum atomic E-state index is 15.4. The second-order valence-electron chi connectivity index (χ2n) is 12.2. The predicted octanol–water partition coefficient (Wildman–Crippen LogP) is 11.2. The van der Waals surface area contributed by atoms with Crippen LogP contribution in [0.3, 0.4) is 0 Å². The third-order valence-corrected chi connectivity index (χ3v) is 9.87. The van der Waals surface area contributed by atoms with Crippen molar-refractivity contribution >= 4 is 0 Å². The van der Waals surface area contributed by atoms with E-state index in [1.54, 1.807) is 36.4 Å². The van der Waals surface area contributed by atoms with Gasteiger partial charge in [-0.1, -0.05) is 81.8 Å². The zero-order chi connectivity index (χ0) is 28.9. The number of methoxy groups -OCH3 is 1. The summed E-state index contributed by atoms with van der Waals surface area (Å²) in [7, 11) is 1.28. The Labute approximate surface area is 242 Å². The maximum absolute atomic E-state index is 15.4. The summed E-state index contributed by atoms with van der Waals surface area (Å²) in [6, 6.07) is 12.6. The highest BCUT2D eigenvalue weighted by Crippen LogP contribution is 2.45. The van der Waals surface area contributed by atoms with Crippen LogP contribution in [0, 0.1) is 41.0 Å². The fraction of sp³-hybridized carbons (Fsp3) is 0.500. The summed E-state index contributed by atoms with van der Waals surface area (Å²) in [5, 5.41) is 0. The molecule has 2 aliphatic rings. The van der Waals surface area contributed by atoms with Crippen molar-refractivity contribution in [3.63, 3.8) is 0 Å². The molecular weight excluding hydrogens is 524 g/mol. The van der Waals surface area contributed by atoms with Crippen LogP contribution in [-0.2, 0) is 0 Å². The van der Waals surface area contributed by atoms with Crippen molar-refractivity contribution in [2.75, 3.05) is 7.11 Å². The standard InChI is InChI=1S/C36H42F4O/c1-3-4-5-6-23-7-9-24(10-8-23)25-11-13-26(14-12-25)29-19-20-30(34(38)33(29)37)27-15-17-28(18-16-27)31-21-22-32(41-2)36(40)35(31)39/h15-26H,3-14H2,1-2H3. The zero-order valence-electron chi connectivity index (χ0n) is 24.3. The van der Waals surface area contributed by atoms with Crippen LogP contribution in [0.1, 0.15) is 95.5 Å². The number of hydrogen-bond acceptors (Lipinski definition) is 1. The molecule has 0 aliphatic heterocycles. The van der Waals surface area contributed by atoms with E-state index in [9.17, 15) is 8.78 Å². The molecule has 0 atom stereocenters. The topological polar surface area (TPSA) is 9.23 Å². The number of ether oxygens (including phenoxy) is 1. The molecule has 0 aromatic heterocycles. The number of unbranched alkanes of at least 4 members (excludes halogenated alkanes) is 2. The highest BCUT2D eigenvalue weighted by atomic mass is 19.2. The minimum atomic E-state index is -1.06. The Morgan fingerprint density at radius 3 is 1.71 bits per heavy atom. The van der Waals surface area contributed by atoms with Gasteiger partial charge in [0.25, 0.3) is 0 Å². The van der Waals surface area contributed by atoms with Crippen LogP contribution >= 0.6 is 0 Å². The van der Waals surface area contributed by atoms with Gasteiger partial charge in [-0.2, -0.15) is 4.39 Å². The molecule has 2 aliphatic carbocycles. The second kappa shape index (κ2) is 13.4. The normalized spacial score (nSPS) is 23.0. The molecule has 3 aromatic rings. The van der Waals surface area contributed by atoms with Crippen LogP contribution < -0.4 is 4.74 Å². The van der Waals surface area contributed by atoms with Crippen molar-refractivity contribution < 1.29 is 22.3 Å². The average molecular weight is 567 g/mol. The lowest BCUT2D eigenvalue weighted by Gasteiger charge is -2.38. The van der Waals surface area contributed by atoms with Crippen molar-refractivity contribution in [2.24, 2.45) is 17.8 Å². The summed E-state index contributed by atoms with van der Waals surface area (Å²) >= 11 is 0. The molecule has 0 N–H and O–H groups in total. The van der Waals surface area contributed by atoms with Crippen molar-refractivity contribution in [1.29, 1.82) is 0 Å². The monoisotopic (exact) mass is 566 g/mol. The lowest BCUT2D eigenvalue weighted by Crippen LogP contribution is -2.25. The van der Waals surface area contributed by atoms with Crippen LogP contribution in [0.25, 0.3) is 22.3 Å². The first-order chi connectivity index (χ1) is 19.9. The van der Waals surface area contributed by atoms with Gasteiger partial charge in [-0.15, -0.1) is 0 Å². The van der Waals surface area contributed by atoms with Gasteiger partial charge in [0.2, 0.25) is 5.82 Å². The maximum Gasteiger partial charge on any atom is 0.201 e. The van der Waals surface area contributed by atoms with E-state index in [0.717, 1.165) is 43.4 Å². The molecule has 0 radical (unpaired) electrons. The Hall–Kier alpha value is -2.82. The number of rotatable bonds is 9. The first kappa shape index (κ1) is 29.7. The molecule has 0 heterocycles. The van der Waals surface area contributed by atoms with Gasteiger partial charge in [0.1, 0.15) is 0 Å². The van der Waals surface area contributed by atoms with E-state index < -0.39 is 23.3 Å². The molecule has 220 valence electrons. The van der Waals surface area contributed by atoms with Gasteiger partial charge in [0.05, 0.1) is 7.11 Å². The Kier molecular flexibility index (Phi) is 9.72. The molecule has 1 nitrogen and oxygen atoms in total. The van der Waals surface area contributed by atoms with Crippen LogP contribution in [0.4, 0.5) is 17.6 Å². The zero-order valence-corrected chi connectivity index (χ0v) is 24.3. The van der Waals surface area contributed by atoms with Gasteiger partial charge in [0.15, 0.2) is 23.2 Å². The molecule has 0 bridgehead atoms. The van der Waals surface area contributed by atoms with Crippen LogP contribution in [0.15, 0.2) is 48.5 Å². The van der Waals surface area contributed by atoms with Crippen LogP contribution in [0.5, 0.6) is 5.75 Å². The number of halogens is 4. The highest BCUT2D eigenvalue weighted by molar-refractivity contribution is 5.72. The molecule has 0 unspecified atom stereocenters. The fourth-order valence-corrected chi connectivity index (χ4v) is 7.38. The van der Waals surface area contributed by atoms with E-state index in [1.807, 2.05) is 0 Å². The quantitative estimate of drug-likeness (QED) is 0.185. The molecule has 3 aromatic carbocycles. The third kappa shape index (κ3) is 6.49. The van der Waals surface area contributed by atoms with Crippen LogP contribution in [-0.4, -0.2) is 7.11 Å². The van der Waals surface area contributed by atoms with E-state index in [2.05, 4.69) is 6.92 Å². The first-order valence-corrected chi connectivity index (χ1v) is 15.5. The molecule has 0 saturated heterocycles. The number of benzene rings is 3. The molecule has 2 saturated carbocycles. The van der Waals surface area contributed by atoms with Crippen molar-refractivity contribution in [3.05, 3.63) is 77.4 Å². The Morgan fingerprint density at radius 1 is 0.610 bits per heavy atom. The van der Waals surface area contributed by atoms with Crippen LogP contribution in [0.2, 0.25) is 0 Å². The van der Waals surface area contributed by atoms with Gasteiger partial charge in [-0.05, 0) is 91.0 Å². The minimum Gasteiger partial charge on any atom is -0.494 e. The third-order valence-electron chi connectivity index (χ3n) is 9.87. The predicted molar refractivity (Wildman–Crippen MR) is 158 cm³/mol. The molecule has 0 amide bonds. The van der Waals surface area contributed by atoms with Crippen molar-refractivity contribution in [3.8, 4) is 28.0 Å². The summed E-state index contributed by atoms with van der Waals surface area (Å²) < 4.78 is 64.3. The van der Waals surface area contributed by atoms with Gasteiger partial charge < -0.3 is 4.74 Å². The molecule has 5 heteroatoms. The van der Waals surface area contributed by atoms with E-state index in [4.69, 9.17) is 4.74 Å². The summed E-state index contributed by atoms with van der Waals surface area (Å²) in [4.78, 5) is 0. The summed E-state index contributed by atoms with van der Waals surface area (Å²) in [6.45, 7) is 2.26. The summed E-state index contributed by atoms with van der Waals surface area (Å²) in [5.74, 6) is -1.37. The van der Waals surface area contributed by atoms with Crippen molar-refractivity contribution in [1.82, 2.24) is 0 Å². The molecule has 5 rings (SSSR count).